The van der Waals surface area contributed by atoms with Gasteiger partial charge >= 0.3 is 0 Å². The number of nitrogens with one attached hydrogen (secondary N) is 1. The average Bonchev–Trinajstić information content (AvgIpc) is 2.62. The Hall–Kier alpha value is -2.40. The van der Waals surface area contributed by atoms with Gasteiger partial charge in [-0.15, -0.1) is 0 Å². The Morgan fingerprint density at radius 3 is 2.70 bits per heavy atom. The summed E-state index contributed by atoms with van der Waals surface area (Å²) < 4.78 is 5.21. The summed E-state index contributed by atoms with van der Waals surface area (Å²) in [6.45, 7) is 4.15. The Morgan fingerprint density at radius 2 is 2.04 bits per heavy atom. The van der Waals surface area contributed by atoms with Crippen LogP contribution >= 0.6 is 0 Å². The first kappa shape index (κ1) is 15.5. The van der Waals surface area contributed by atoms with E-state index < -0.39 is 0 Å². The third-order valence-electron chi connectivity index (χ3n) is 4.16. The number of rotatable bonds is 3. The van der Waals surface area contributed by atoms with Crippen molar-refractivity contribution in [2.75, 3.05) is 26.7 Å². The second-order valence-electron chi connectivity index (χ2n) is 5.68. The van der Waals surface area contributed by atoms with Crippen molar-refractivity contribution in [3.8, 4) is 5.75 Å². The highest BCUT2D eigenvalue weighted by Crippen LogP contribution is 2.25. The fourth-order valence-corrected chi connectivity index (χ4v) is 2.83. The summed E-state index contributed by atoms with van der Waals surface area (Å²) in [5.41, 5.74) is 2.65. The van der Waals surface area contributed by atoms with E-state index in [9.17, 15) is 4.79 Å². The van der Waals surface area contributed by atoms with Crippen LogP contribution in [0.3, 0.4) is 0 Å². The average molecular weight is 311 g/mol. The van der Waals surface area contributed by atoms with Crippen molar-refractivity contribution in [2.45, 2.75) is 13.0 Å². The molecule has 0 saturated carbocycles. The van der Waals surface area contributed by atoms with Crippen molar-refractivity contribution in [1.29, 1.82) is 0 Å². The summed E-state index contributed by atoms with van der Waals surface area (Å²) in [6.07, 6.45) is 1.66. The first-order valence-electron chi connectivity index (χ1n) is 7.77. The van der Waals surface area contributed by atoms with Crippen LogP contribution in [0.1, 0.15) is 27.7 Å². The molecule has 1 N–H and O–H groups in total. The van der Waals surface area contributed by atoms with E-state index in [0.717, 1.165) is 30.1 Å². The van der Waals surface area contributed by atoms with E-state index in [4.69, 9.17) is 4.74 Å². The molecule has 0 aliphatic carbocycles. The fourth-order valence-electron chi connectivity index (χ4n) is 2.83. The number of carbonyl (C=O) groups is 1. The smallest absolute Gasteiger partial charge is 0.256 e. The molecule has 1 atom stereocenters. The first-order chi connectivity index (χ1) is 11.2. The Kier molecular flexibility index (Phi) is 4.57. The lowest BCUT2D eigenvalue weighted by Crippen LogP contribution is -2.48. The van der Waals surface area contributed by atoms with Gasteiger partial charge in [-0.2, -0.15) is 0 Å². The Labute approximate surface area is 136 Å². The maximum atomic E-state index is 12.9. The standard InChI is InChI=1S/C18H21N3O2/c1-13-3-4-15(11-20-13)18(22)21-10-9-19-12-17(21)14-5-7-16(23-2)8-6-14/h3-8,11,17,19H,9-10,12H2,1-2H3/t17-/m0/s1. The normalized spacial score (nSPS) is 17.8. The minimum absolute atomic E-state index is 0.0171. The predicted octanol–water partition coefficient (Wildman–Crippen LogP) is 2.19. The van der Waals surface area contributed by atoms with Crippen molar-refractivity contribution in [1.82, 2.24) is 15.2 Å². The van der Waals surface area contributed by atoms with Crippen LogP contribution in [0.5, 0.6) is 5.75 Å². The monoisotopic (exact) mass is 311 g/mol. The van der Waals surface area contributed by atoms with E-state index >= 15 is 0 Å². The molecule has 5 heteroatoms. The number of piperazine rings is 1. The summed E-state index contributed by atoms with van der Waals surface area (Å²) >= 11 is 0. The second kappa shape index (κ2) is 6.79. The summed E-state index contributed by atoms with van der Waals surface area (Å²) in [5.74, 6) is 0.845. The highest BCUT2D eigenvalue weighted by Gasteiger charge is 2.28. The van der Waals surface area contributed by atoms with Crippen LogP contribution in [0.2, 0.25) is 0 Å². The third-order valence-corrected chi connectivity index (χ3v) is 4.16. The number of nitrogens with zero attached hydrogens (tertiary/aromatic N) is 2. The number of aromatic nitrogens is 1. The van der Waals surface area contributed by atoms with E-state index in [1.54, 1.807) is 13.3 Å². The SMILES string of the molecule is COc1ccc([C@@H]2CNCCN2C(=O)c2ccc(C)nc2)cc1. The molecule has 120 valence electrons. The van der Waals surface area contributed by atoms with Crippen LogP contribution in [0.25, 0.3) is 0 Å². The lowest BCUT2D eigenvalue weighted by Gasteiger charge is -2.36. The largest absolute Gasteiger partial charge is 0.497 e. The fraction of sp³-hybridized carbons (Fsp3) is 0.333. The molecule has 0 spiro atoms. The molecule has 1 fully saturated rings. The zero-order chi connectivity index (χ0) is 16.2. The van der Waals surface area contributed by atoms with Crippen LogP contribution in [0.15, 0.2) is 42.6 Å². The van der Waals surface area contributed by atoms with E-state index in [1.165, 1.54) is 0 Å². The Morgan fingerprint density at radius 1 is 1.26 bits per heavy atom. The predicted molar refractivity (Wildman–Crippen MR) is 88.6 cm³/mol. The van der Waals surface area contributed by atoms with Gasteiger partial charge in [0.1, 0.15) is 5.75 Å². The lowest BCUT2D eigenvalue weighted by molar-refractivity contribution is 0.0634. The number of pyridine rings is 1. The number of ether oxygens (including phenoxy) is 1. The van der Waals surface area contributed by atoms with Crippen LogP contribution in [0.4, 0.5) is 0 Å². The van der Waals surface area contributed by atoms with Gasteiger partial charge in [0, 0.05) is 31.5 Å². The van der Waals surface area contributed by atoms with E-state index in [0.29, 0.717) is 12.1 Å². The molecule has 1 aromatic heterocycles. The lowest BCUT2D eigenvalue weighted by atomic mass is 10.0. The number of carbonyl (C=O) groups excluding carboxylic acids is 1. The van der Waals surface area contributed by atoms with Gasteiger partial charge < -0.3 is 15.0 Å². The zero-order valence-electron chi connectivity index (χ0n) is 13.5. The molecule has 1 aromatic carbocycles. The number of benzene rings is 1. The molecule has 1 saturated heterocycles. The van der Waals surface area contributed by atoms with Crippen LogP contribution < -0.4 is 10.1 Å². The summed E-state index contributed by atoms with van der Waals surface area (Å²) in [7, 11) is 1.65. The topological polar surface area (TPSA) is 54.5 Å². The highest BCUT2D eigenvalue weighted by atomic mass is 16.5. The van der Waals surface area contributed by atoms with Gasteiger partial charge in [-0.3, -0.25) is 9.78 Å². The van der Waals surface area contributed by atoms with Crippen molar-refractivity contribution in [3.05, 3.63) is 59.4 Å². The molecule has 2 heterocycles. The van der Waals surface area contributed by atoms with Crippen molar-refractivity contribution in [2.24, 2.45) is 0 Å². The molecular formula is C18H21N3O2. The van der Waals surface area contributed by atoms with Crippen molar-refractivity contribution >= 4 is 5.91 Å². The van der Waals surface area contributed by atoms with Gasteiger partial charge in [-0.05, 0) is 36.8 Å². The Bertz CT molecular complexity index is 668. The highest BCUT2D eigenvalue weighted by molar-refractivity contribution is 5.94. The van der Waals surface area contributed by atoms with Crippen LogP contribution in [0, 0.1) is 6.92 Å². The van der Waals surface area contributed by atoms with Crippen molar-refractivity contribution < 1.29 is 9.53 Å². The van der Waals surface area contributed by atoms with Gasteiger partial charge in [0.05, 0.1) is 18.7 Å². The van der Waals surface area contributed by atoms with Crippen LogP contribution in [-0.4, -0.2) is 42.5 Å². The van der Waals surface area contributed by atoms with E-state index in [2.05, 4.69) is 10.3 Å². The quantitative estimate of drug-likeness (QED) is 0.944. The minimum Gasteiger partial charge on any atom is -0.497 e. The molecule has 0 bridgehead atoms. The summed E-state index contributed by atoms with van der Waals surface area (Å²) in [6, 6.07) is 11.6. The number of hydrogen-bond donors (Lipinski definition) is 1. The number of aryl methyl sites for hydroxylation is 1. The van der Waals surface area contributed by atoms with E-state index in [1.807, 2.05) is 48.2 Å². The summed E-state index contributed by atoms with van der Waals surface area (Å²) in [4.78, 5) is 19.0. The molecule has 0 radical (unpaired) electrons. The maximum Gasteiger partial charge on any atom is 0.256 e. The van der Waals surface area contributed by atoms with Gasteiger partial charge in [0.15, 0.2) is 0 Å². The van der Waals surface area contributed by atoms with E-state index in [-0.39, 0.29) is 11.9 Å². The van der Waals surface area contributed by atoms with Gasteiger partial charge in [-0.1, -0.05) is 12.1 Å². The number of amides is 1. The molecule has 5 nitrogen and oxygen atoms in total. The molecule has 2 aromatic rings. The van der Waals surface area contributed by atoms with Gasteiger partial charge in [-0.25, -0.2) is 0 Å². The molecule has 1 aliphatic heterocycles. The number of methoxy groups -OCH3 is 1. The molecule has 1 amide bonds. The maximum absolute atomic E-state index is 12.9. The van der Waals surface area contributed by atoms with Gasteiger partial charge in [0.2, 0.25) is 0 Å². The second-order valence-corrected chi connectivity index (χ2v) is 5.68. The first-order valence-corrected chi connectivity index (χ1v) is 7.77. The molecular weight excluding hydrogens is 290 g/mol. The minimum atomic E-state index is 0.0171. The zero-order valence-corrected chi connectivity index (χ0v) is 13.5. The third kappa shape index (κ3) is 3.35. The molecule has 3 rings (SSSR count). The Balaban J connectivity index is 1.85. The van der Waals surface area contributed by atoms with Crippen molar-refractivity contribution in [3.63, 3.8) is 0 Å². The number of hydrogen-bond acceptors (Lipinski definition) is 4. The summed E-state index contributed by atoms with van der Waals surface area (Å²) in [5, 5.41) is 3.37. The molecule has 1 aliphatic rings. The molecule has 23 heavy (non-hydrogen) atoms. The van der Waals surface area contributed by atoms with Crippen LogP contribution in [-0.2, 0) is 0 Å². The van der Waals surface area contributed by atoms with Gasteiger partial charge in [0.25, 0.3) is 5.91 Å². The molecule has 0 unspecified atom stereocenters.